The van der Waals surface area contributed by atoms with E-state index in [0.29, 0.717) is 11.3 Å². The van der Waals surface area contributed by atoms with Crippen molar-refractivity contribution in [2.75, 3.05) is 11.1 Å². The van der Waals surface area contributed by atoms with E-state index < -0.39 is 0 Å². The van der Waals surface area contributed by atoms with Gasteiger partial charge in [0.15, 0.2) is 0 Å². The zero-order chi connectivity index (χ0) is 16.9. The molecule has 0 aliphatic carbocycles. The van der Waals surface area contributed by atoms with E-state index in [9.17, 15) is 9.18 Å². The van der Waals surface area contributed by atoms with Gasteiger partial charge in [-0.15, -0.1) is 10.2 Å². The summed E-state index contributed by atoms with van der Waals surface area (Å²) in [6.07, 6.45) is 0. The average Bonchev–Trinajstić information content (AvgIpc) is 3.02. The molecule has 0 unspecified atom stereocenters. The Morgan fingerprint density at radius 1 is 1.21 bits per heavy atom. The Morgan fingerprint density at radius 2 is 2.04 bits per heavy atom. The molecule has 8 heteroatoms. The molecule has 0 spiro atoms. The topological polar surface area (TPSA) is 68.0 Å². The molecule has 0 saturated heterocycles. The van der Waals surface area contributed by atoms with Crippen molar-refractivity contribution < 1.29 is 13.6 Å². The summed E-state index contributed by atoms with van der Waals surface area (Å²) in [5, 5.41) is 10.7. The van der Waals surface area contributed by atoms with E-state index in [1.54, 1.807) is 24.3 Å². The van der Waals surface area contributed by atoms with Gasteiger partial charge in [0.25, 0.3) is 5.22 Å². The van der Waals surface area contributed by atoms with E-state index in [-0.39, 0.29) is 28.6 Å². The summed E-state index contributed by atoms with van der Waals surface area (Å²) in [7, 11) is 0. The van der Waals surface area contributed by atoms with Crippen LogP contribution in [0.5, 0.6) is 0 Å². The third-order valence-corrected chi connectivity index (χ3v) is 4.22. The normalized spacial score (nSPS) is 10.6. The van der Waals surface area contributed by atoms with E-state index >= 15 is 0 Å². The number of benzene rings is 2. The molecule has 122 valence electrons. The van der Waals surface area contributed by atoms with Crippen molar-refractivity contribution in [2.45, 2.75) is 5.22 Å². The van der Waals surface area contributed by atoms with Crippen LogP contribution in [-0.2, 0) is 4.79 Å². The number of rotatable bonds is 5. The number of amides is 1. The van der Waals surface area contributed by atoms with Crippen LogP contribution in [0.4, 0.5) is 10.1 Å². The summed E-state index contributed by atoms with van der Waals surface area (Å²) in [6, 6.07) is 13.2. The first kappa shape index (κ1) is 16.7. The van der Waals surface area contributed by atoms with Crippen molar-refractivity contribution >= 4 is 39.3 Å². The lowest BCUT2D eigenvalue weighted by Crippen LogP contribution is -2.13. The molecule has 2 aromatic carbocycles. The van der Waals surface area contributed by atoms with Gasteiger partial charge >= 0.3 is 0 Å². The minimum absolute atomic E-state index is 0.122. The zero-order valence-electron chi connectivity index (χ0n) is 12.2. The summed E-state index contributed by atoms with van der Waals surface area (Å²) in [6.45, 7) is 0. The molecule has 3 rings (SSSR count). The molecule has 0 radical (unpaired) electrons. The minimum Gasteiger partial charge on any atom is -0.411 e. The van der Waals surface area contributed by atoms with Gasteiger partial charge in [0.05, 0.1) is 5.75 Å². The molecule has 24 heavy (non-hydrogen) atoms. The molecule has 3 aromatic rings. The number of anilines is 1. The lowest BCUT2D eigenvalue weighted by molar-refractivity contribution is -0.113. The fourth-order valence-electron chi connectivity index (χ4n) is 1.90. The lowest BCUT2D eigenvalue weighted by Gasteiger charge is -2.04. The maximum Gasteiger partial charge on any atom is 0.277 e. The van der Waals surface area contributed by atoms with Crippen LogP contribution >= 0.6 is 27.7 Å². The molecule has 1 amide bonds. The number of carbonyl (C=O) groups excluding carboxylic acids is 1. The smallest absolute Gasteiger partial charge is 0.277 e. The zero-order valence-corrected chi connectivity index (χ0v) is 14.6. The van der Waals surface area contributed by atoms with Crippen molar-refractivity contribution in [3.8, 4) is 11.5 Å². The van der Waals surface area contributed by atoms with Crippen LogP contribution in [0.15, 0.2) is 62.6 Å². The number of halogens is 2. The minimum atomic E-state index is -0.381. The molecule has 0 aliphatic rings. The molecule has 0 saturated carbocycles. The Morgan fingerprint density at radius 3 is 2.83 bits per heavy atom. The van der Waals surface area contributed by atoms with E-state index in [0.717, 1.165) is 16.2 Å². The Kier molecular flexibility index (Phi) is 5.27. The Labute approximate surface area is 149 Å². The highest BCUT2D eigenvalue weighted by atomic mass is 79.9. The fraction of sp³-hybridized carbons (Fsp3) is 0.0625. The first-order chi connectivity index (χ1) is 11.6. The third-order valence-electron chi connectivity index (χ3n) is 2.91. The second kappa shape index (κ2) is 7.59. The first-order valence-corrected chi connectivity index (χ1v) is 8.66. The van der Waals surface area contributed by atoms with Crippen LogP contribution in [0.2, 0.25) is 0 Å². The van der Waals surface area contributed by atoms with Gasteiger partial charge < -0.3 is 9.73 Å². The average molecular weight is 408 g/mol. The number of hydrogen-bond donors (Lipinski definition) is 1. The van der Waals surface area contributed by atoms with Crippen molar-refractivity contribution in [3.63, 3.8) is 0 Å². The quantitative estimate of drug-likeness (QED) is 0.635. The molecular formula is C16H11BrFN3O2S. The number of hydrogen-bond acceptors (Lipinski definition) is 5. The monoisotopic (exact) mass is 407 g/mol. The summed E-state index contributed by atoms with van der Waals surface area (Å²) in [5.74, 6) is -0.238. The van der Waals surface area contributed by atoms with Crippen LogP contribution < -0.4 is 5.32 Å². The first-order valence-electron chi connectivity index (χ1n) is 6.88. The van der Waals surface area contributed by atoms with E-state index in [4.69, 9.17) is 4.42 Å². The molecule has 1 heterocycles. The Balaban J connectivity index is 1.58. The van der Waals surface area contributed by atoms with E-state index in [1.807, 2.05) is 12.1 Å². The maximum absolute atomic E-state index is 13.2. The molecule has 0 bridgehead atoms. The number of nitrogens with one attached hydrogen (secondary N) is 1. The summed E-state index contributed by atoms with van der Waals surface area (Å²) >= 11 is 4.46. The van der Waals surface area contributed by atoms with Crippen molar-refractivity contribution in [3.05, 3.63) is 58.8 Å². The van der Waals surface area contributed by atoms with Crippen LogP contribution in [0, 0.1) is 5.82 Å². The Hall–Kier alpha value is -2.19. The summed E-state index contributed by atoms with van der Waals surface area (Å²) < 4.78 is 19.5. The lowest BCUT2D eigenvalue weighted by atomic mass is 10.2. The van der Waals surface area contributed by atoms with Gasteiger partial charge in [-0.3, -0.25) is 4.79 Å². The SMILES string of the molecule is O=C(CSc1nnc(-c2cccc(F)c2)o1)Nc1cccc(Br)c1. The predicted octanol–water partition coefficient (Wildman–Crippen LogP) is 4.37. The van der Waals surface area contributed by atoms with Gasteiger partial charge in [-0.2, -0.15) is 0 Å². The second-order valence-corrected chi connectivity index (χ2v) is 6.57. The van der Waals surface area contributed by atoms with Crippen molar-refractivity contribution in [2.24, 2.45) is 0 Å². The van der Waals surface area contributed by atoms with E-state index in [2.05, 4.69) is 31.4 Å². The highest BCUT2D eigenvalue weighted by molar-refractivity contribution is 9.10. The molecule has 0 aliphatic heterocycles. The summed E-state index contributed by atoms with van der Waals surface area (Å²) in [4.78, 5) is 11.9. The van der Waals surface area contributed by atoms with E-state index in [1.165, 1.54) is 12.1 Å². The maximum atomic E-state index is 13.2. The van der Waals surface area contributed by atoms with Gasteiger partial charge in [0, 0.05) is 15.7 Å². The van der Waals surface area contributed by atoms with Gasteiger partial charge in [0.1, 0.15) is 5.82 Å². The van der Waals surface area contributed by atoms with Gasteiger partial charge in [0.2, 0.25) is 11.8 Å². The molecule has 5 nitrogen and oxygen atoms in total. The number of nitrogens with zero attached hydrogens (tertiary/aromatic N) is 2. The number of carbonyl (C=O) groups is 1. The van der Waals surface area contributed by atoms with Crippen LogP contribution in [0.3, 0.4) is 0 Å². The van der Waals surface area contributed by atoms with Crippen LogP contribution in [-0.4, -0.2) is 21.9 Å². The third kappa shape index (κ3) is 4.42. The highest BCUT2D eigenvalue weighted by Crippen LogP contribution is 2.24. The number of aromatic nitrogens is 2. The van der Waals surface area contributed by atoms with Gasteiger partial charge in [-0.05, 0) is 36.4 Å². The highest BCUT2D eigenvalue weighted by Gasteiger charge is 2.12. The van der Waals surface area contributed by atoms with Gasteiger partial charge in [-0.1, -0.05) is 39.8 Å². The van der Waals surface area contributed by atoms with Crippen molar-refractivity contribution in [1.29, 1.82) is 0 Å². The van der Waals surface area contributed by atoms with Gasteiger partial charge in [-0.25, -0.2) is 4.39 Å². The standard InChI is InChI=1S/C16H11BrFN3O2S/c17-11-4-2-6-13(8-11)19-14(22)9-24-16-21-20-15(23-16)10-3-1-5-12(18)7-10/h1-8H,9H2,(H,19,22). The largest absolute Gasteiger partial charge is 0.411 e. The molecule has 0 fully saturated rings. The molecule has 1 N–H and O–H groups in total. The second-order valence-electron chi connectivity index (χ2n) is 4.73. The van der Waals surface area contributed by atoms with Crippen molar-refractivity contribution in [1.82, 2.24) is 10.2 Å². The predicted molar refractivity (Wildman–Crippen MR) is 93.2 cm³/mol. The fourth-order valence-corrected chi connectivity index (χ4v) is 2.86. The Bertz CT molecular complexity index is 872. The molecule has 1 aromatic heterocycles. The molecular weight excluding hydrogens is 397 g/mol. The molecule has 0 atom stereocenters. The van der Waals surface area contributed by atoms with Crippen LogP contribution in [0.1, 0.15) is 0 Å². The van der Waals surface area contributed by atoms with Crippen LogP contribution in [0.25, 0.3) is 11.5 Å². The summed E-state index contributed by atoms with van der Waals surface area (Å²) in [5.41, 5.74) is 1.19. The number of thioether (sulfide) groups is 1.